The zero-order chi connectivity index (χ0) is 12.2. The van der Waals surface area contributed by atoms with Crippen LogP contribution in [0.1, 0.15) is 6.92 Å². The molecular weight excluding hydrogens is 232 g/mol. The van der Waals surface area contributed by atoms with Crippen LogP contribution in [0.25, 0.3) is 0 Å². The highest BCUT2D eigenvalue weighted by Gasteiger charge is 2.34. The smallest absolute Gasteiger partial charge is 0.391 e. The van der Waals surface area contributed by atoms with Gasteiger partial charge in [-0.2, -0.15) is 8.42 Å². The van der Waals surface area contributed by atoms with E-state index < -0.39 is 34.8 Å². The van der Waals surface area contributed by atoms with Crippen LogP contribution in [0.15, 0.2) is 0 Å². The average Bonchev–Trinajstić information content (AvgIpc) is 2.10. The molecule has 0 aliphatic rings. The molecule has 0 bridgehead atoms. The van der Waals surface area contributed by atoms with Crippen LogP contribution < -0.4 is 0 Å². The second kappa shape index (κ2) is 5.49. The molecular formula is C6H12O8S. The van der Waals surface area contributed by atoms with Crippen molar-refractivity contribution in [3.05, 3.63) is 0 Å². The molecule has 4 N–H and O–H groups in total. The zero-order valence-electron chi connectivity index (χ0n) is 7.72. The Kier molecular flexibility index (Phi) is 5.28. The van der Waals surface area contributed by atoms with Crippen molar-refractivity contribution >= 4 is 16.7 Å². The second-order valence-corrected chi connectivity index (χ2v) is 3.89. The maximum Gasteiger partial charge on any atom is 0.397 e. The van der Waals surface area contributed by atoms with Crippen LogP contribution in [0.3, 0.4) is 0 Å². The first kappa shape index (κ1) is 14.4. The van der Waals surface area contributed by atoms with Gasteiger partial charge in [0.2, 0.25) is 0 Å². The highest BCUT2D eigenvalue weighted by Crippen LogP contribution is 2.10. The minimum atomic E-state index is -4.95. The first-order chi connectivity index (χ1) is 6.69. The van der Waals surface area contributed by atoms with E-state index >= 15 is 0 Å². The Morgan fingerprint density at radius 3 is 2.00 bits per heavy atom. The molecule has 90 valence electrons. The molecule has 0 aliphatic heterocycles. The van der Waals surface area contributed by atoms with Gasteiger partial charge in [0.15, 0.2) is 6.29 Å². The van der Waals surface area contributed by atoms with Crippen LogP contribution in [-0.4, -0.2) is 59.0 Å². The van der Waals surface area contributed by atoms with Gasteiger partial charge in [-0.1, -0.05) is 0 Å². The lowest BCUT2D eigenvalue weighted by molar-refractivity contribution is -0.128. The third kappa shape index (κ3) is 5.16. The molecule has 0 aromatic heterocycles. The molecule has 0 saturated carbocycles. The molecule has 15 heavy (non-hydrogen) atoms. The van der Waals surface area contributed by atoms with E-state index in [0.29, 0.717) is 0 Å². The van der Waals surface area contributed by atoms with Crippen molar-refractivity contribution in [2.75, 3.05) is 0 Å². The topological polar surface area (TPSA) is 141 Å². The molecule has 0 aromatic rings. The van der Waals surface area contributed by atoms with E-state index in [-0.39, 0.29) is 6.29 Å². The van der Waals surface area contributed by atoms with E-state index in [1.165, 1.54) is 0 Å². The van der Waals surface area contributed by atoms with Gasteiger partial charge in [0, 0.05) is 0 Å². The summed E-state index contributed by atoms with van der Waals surface area (Å²) in [5, 5.41) is 27.0. The maximum absolute atomic E-state index is 10.3. The molecule has 0 rings (SSSR count). The molecule has 0 spiro atoms. The van der Waals surface area contributed by atoms with Gasteiger partial charge in [-0.3, -0.25) is 4.55 Å². The van der Waals surface area contributed by atoms with Crippen molar-refractivity contribution in [2.45, 2.75) is 31.3 Å². The highest BCUT2D eigenvalue weighted by molar-refractivity contribution is 7.80. The van der Waals surface area contributed by atoms with Gasteiger partial charge < -0.3 is 20.1 Å². The van der Waals surface area contributed by atoms with Crippen LogP contribution in [0.5, 0.6) is 0 Å². The molecule has 0 aromatic carbocycles. The molecule has 9 heteroatoms. The van der Waals surface area contributed by atoms with Gasteiger partial charge in [0.05, 0.1) is 6.10 Å². The van der Waals surface area contributed by atoms with Gasteiger partial charge in [-0.25, -0.2) is 4.18 Å². The highest BCUT2D eigenvalue weighted by atomic mass is 32.3. The third-order valence-electron chi connectivity index (χ3n) is 1.54. The third-order valence-corrected chi connectivity index (χ3v) is 2.01. The number of hydrogen-bond donors (Lipinski definition) is 4. The van der Waals surface area contributed by atoms with Crippen LogP contribution in [0.2, 0.25) is 0 Å². The summed E-state index contributed by atoms with van der Waals surface area (Å²) in [7, 11) is -4.95. The quantitative estimate of drug-likeness (QED) is 0.296. The molecule has 0 saturated heterocycles. The van der Waals surface area contributed by atoms with E-state index in [4.69, 9.17) is 14.8 Å². The normalized spacial score (nSPS) is 20.3. The number of carbonyl (C=O) groups is 1. The molecule has 0 radical (unpaired) electrons. The standard InChI is InChI=1S/C6H12O8S/c1-3(8)5(10)6(4(9)2-7)14-15(11,12)13/h2-6,8-10H,1H3,(H,11,12,13)/t3-,4+,5+,6-/m1/s1. The summed E-state index contributed by atoms with van der Waals surface area (Å²) in [6, 6.07) is 0. The van der Waals surface area contributed by atoms with Crippen LogP contribution in [0, 0.1) is 0 Å². The van der Waals surface area contributed by atoms with Crippen molar-refractivity contribution in [3.63, 3.8) is 0 Å². The summed E-state index contributed by atoms with van der Waals surface area (Å²) in [6.45, 7) is 1.09. The summed E-state index contributed by atoms with van der Waals surface area (Å²) >= 11 is 0. The number of carbonyl (C=O) groups excluding carboxylic acids is 1. The largest absolute Gasteiger partial charge is 0.397 e. The molecule has 0 unspecified atom stereocenters. The SMILES string of the molecule is C[C@@H](O)[C@H](O)[C@H](OS(=O)(=O)O)[C@@H](O)C=O. The number of aliphatic hydroxyl groups is 3. The van der Waals surface area contributed by atoms with Crippen LogP contribution in [0.4, 0.5) is 0 Å². The Bertz CT molecular complexity index is 296. The molecule has 0 amide bonds. The lowest BCUT2D eigenvalue weighted by Crippen LogP contribution is -2.46. The maximum atomic E-state index is 10.3. The van der Waals surface area contributed by atoms with Crippen molar-refractivity contribution in [1.82, 2.24) is 0 Å². The average molecular weight is 244 g/mol. The summed E-state index contributed by atoms with van der Waals surface area (Å²) < 4.78 is 32.7. The summed E-state index contributed by atoms with van der Waals surface area (Å²) in [5.41, 5.74) is 0. The molecule has 4 atom stereocenters. The monoisotopic (exact) mass is 244 g/mol. The fraction of sp³-hybridized carbons (Fsp3) is 0.833. The van der Waals surface area contributed by atoms with Gasteiger partial charge in [0.25, 0.3) is 0 Å². The van der Waals surface area contributed by atoms with E-state index in [1.54, 1.807) is 0 Å². The van der Waals surface area contributed by atoms with Gasteiger partial charge in [0.1, 0.15) is 18.3 Å². The summed E-state index contributed by atoms with van der Waals surface area (Å²) in [5.74, 6) is 0. The van der Waals surface area contributed by atoms with E-state index in [9.17, 15) is 18.3 Å². The Hall–Kier alpha value is -0.580. The zero-order valence-corrected chi connectivity index (χ0v) is 8.53. The predicted molar refractivity (Wildman–Crippen MR) is 46.2 cm³/mol. The first-order valence-corrected chi connectivity index (χ1v) is 5.20. The molecule has 8 nitrogen and oxygen atoms in total. The van der Waals surface area contributed by atoms with Crippen molar-refractivity contribution < 1.29 is 37.3 Å². The molecule has 0 heterocycles. The Morgan fingerprint density at radius 1 is 1.27 bits per heavy atom. The number of hydrogen-bond acceptors (Lipinski definition) is 7. The lowest BCUT2D eigenvalue weighted by atomic mass is 10.1. The Balaban J connectivity index is 4.81. The number of aldehydes is 1. The fourth-order valence-corrected chi connectivity index (χ4v) is 1.32. The van der Waals surface area contributed by atoms with Crippen molar-refractivity contribution in [3.8, 4) is 0 Å². The van der Waals surface area contributed by atoms with E-state index in [2.05, 4.69) is 4.18 Å². The minimum absolute atomic E-state index is 0.0958. The Labute approximate surface area is 86.1 Å². The lowest BCUT2D eigenvalue weighted by Gasteiger charge is -2.24. The Morgan fingerprint density at radius 2 is 1.73 bits per heavy atom. The second-order valence-electron chi connectivity index (χ2n) is 2.85. The van der Waals surface area contributed by atoms with Crippen molar-refractivity contribution in [2.24, 2.45) is 0 Å². The predicted octanol–water partition coefficient (Wildman–Crippen LogP) is -2.52. The van der Waals surface area contributed by atoms with Gasteiger partial charge >= 0.3 is 10.4 Å². The van der Waals surface area contributed by atoms with E-state index in [0.717, 1.165) is 6.92 Å². The summed E-state index contributed by atoms with van der Waals surface area (Å²) in [4.78, 5) is 10.2. The summed E-state index contributed by atoms with van der Waals surface area (Å²) in [6.07, 6.45) is -7.34. The molecule has 0 fully saturated rings. The van der Waals surface area contributed by atoms with Gasteiger partial charge in [-0.15, -0.1) is 0 Å². The number of rotatable bonds is 6. The van der Waals surface area contributed by atoms with Crippen molar-refractivity contribution in [1.29, 1.82) is 0 Å². The minimum Gasteiger partial charge on any atom is -0.391 e. The first-order valence-electron chi connectivity index (χ1n) is 3.84. The molecule has 0 aliphatic carbocycles. The van der Waals surface area contributed by atoms with Crippen LogP contribution in [-0.2, 0) is 19.4 Å². The van der Waals surface area contributed by atoms with Gasteiger partial charge in [-0.05, 0) is 6.92 Å². The number of aliphatic hydroxyl groups excluding tert-OH is 3. The fourth-order valence-electron chi connectivity index (χ4n) is 0.808. The van der Waals surface area contributed by atoms with E-state index in [1.807, 2.05) is 0 Å². The van der Waals surface area contributed by atoms with Crippen LogP contribution >= 0.6 is 0 Å².